The number of esters is 2. The van der Waals surface area contributed by atoms with Crippen LogP contribution in [0.2, 0.25) is 0 Å². The van der Waals surface area contributed by atoms with Gasteiger partial charge in [-0.1, -0.05) is 277 Å². The van der Waals surface area contributed by atoms with Crippen LogP contribution in [0.25, 0.3) is 0 Å². The van der Waals surface area contributed by atoms with Gasteiger partial charge in [-0.2, -0.15) is 0 Å². The first-order valence-corrected chi connectivity index (χ1v) is 29.5. The Labute approximate surface area is 397 Å². The molecule has 2 atom stereocenters. The van der Waals surface area contributed by atoms with E-state index in [1.165, 1.54) is 238 Å². The monoisotopic (exact) mass is 930 g/mol. The number of nitrogens with two attached hydrogens (primary N) is 1. The zero-order chi connectivity index (χ0) is 46.7. The summed E-state index contributed by atoms with van der Waals surface area (Å²) in [7, 11) is -4.38. The lowest BCUT2D eigenvalue weighted by atomic mass is 10.0. The van der Waals surface area contributed by atoms with E-state index >= 15 is 0 Å². The number of hydrogen-bond donors (Lipinski definition) is 2. The van der Waals surface area contributed by atoms with Crippen LogP contribution in [0.1, 0.15) is 303 Å². The molecule has 0 radical (unpaired) electrons. The first kappa shape index (κ1) is 63.0. The van der Waals surface area contributed by atoms with Crippen LogP contribution < -0.4 is 5.73 Å². The molecular weight excluding hydrogens is 822 g/mol. The van der Waals surface area contributed by atoms with Crippen molar-refractivity contribution in [3.05, 3.63) is 0 Å². The molecule has 1 unspecified atom stereocenters. The Hall–Kier alpha value is -0.990. The van der Waals surface area contributed by atoms with Crippen molar-refractivity contribution in [2.24, 2.45) is 5.73 Å². The quantitative estimate of drug-likeness (QED) is 0.0347. The summed E-state index contributed by atoms with van der Waals surface area (Å²) < 4.78 is 33.0. The highest BCUT2D eigenvalue weighted by atomic mass is 31.2. The van der Waals surface area contributed by atoms with Crippen LogP contribution in [0, 0.1) is 0 Å². The lowest BCUT2D eigenvalue weighted by Gasteiger charge is -2.19. The van der Waals surface area contributed by atoms with Gasteiger partial charge in [-0.25, -0.2) is 4.57 Å². The van der Waals surface area contributed by atoms with Crippen molar-refractivity contribution in [1.82, 2.24) is 0 Å². The van der Waals surface area contributed by atoms with E-state index in [2.05, 4.69) is 13.8 Å². The van der Waals surface area contributed by atoms with E-state index in [1.807, 2.05) is 0 Å². The molecule has 0 amide bonds. The Balaban J connectivity index is 3.93. The van der Waals surface area contributed by atoms with Gasteiger partial charge in [-0.15, -0.1) is 0 Å². The Morgan fingerprint density at radius 3 is 0.953 bits per heavy atom. The molecule has 0 rings (SSSR count). The molecule has 0 saturated heterocycles. The third-order valence-corrected chi connectivity index (χ3v) is 13.7. The molecule has 0 aromatic carbocycles. The third kappa shape index (κ3) is 50.4. The highest BCUT2D eigenvalue weighted by molar-refractivity contribution is 7.47. The summed E-state index contributed by atoms with van der Waals surface area (Å²) in [5.41, 5.74) is 5.38. The number of phosphoric ester groups is 1. The van der Waals surface area contributed by atoms with Crippen molar-refractivity contribution in [3.8, 4) is 0 Å². The zero-order valence-electron chi connectivity index (χ0n) is 42.6. The van der Waals surface area contributed by atoms with E-state index in [9.17, 15) is 19.0 Å². The molecule has 3 N–H and O–H groups in total. The molecule has 0 aromatic rings. The standard InChI is InChI=1S/C54H108NO8P/c1-3-5-7-9-11-13-15-17-19-21-23-25-27-29-31-33-35-37-39-41-43-45-47-54(57)63-52(51-62-64(58,59)61-49-48-55)50-60-53(56)46-44-42-40-38-36-34-32-30-28-26-24-22-20-18-16-14-12-10-8-6-4-2/h52H,3-51,55H2,1-2H3,(H,58,59)/t52-/m1/s1. The fourth-order valence-corrected chi connectivity index (χ4v) is 9.35. The van der Waals surface area contributed by atoms with Crippen molar-refractivity contribution >= 4 is 19.8 Å². The molecule has 0 aliphatic carbocycles. The van der Waals surface area contributed by atoms with Crippen LogP contribution in [0.5, 0.6) is 0 Å². The SMILES string of the molecule is CCCCCCCCCCCCCCCCCCCCCCCCC(=O)O[C@H](COC(=O)CCCCCCCCCCCCCCCCCCCCCCC)COP(=O)(O)OCCN. The van der Waals surface area contributed by atoms with Crippen molar-refractivity contribution < 1.29 is 37.6 Å². The largest absolute Gasteiger partial charge is 0.472 e. The lowest BCUT2D eigenvalue weighted by molar-refractivity contribution is -0.161. The van der Waals surface area contributed by atoms with Gasteiger partial charge in [-0.05, 0) is 12.8 Å². The van der Waals surface area contributed by atoms with Gasteiger partial charge < -0.3 is 20.1 Å². The minimum Gasteiger partial charge on any atom is -0.462 e. The van der Waals surface area contributed by atoms with Crippen molar-refractivity contribution in [2.75, 3.05) is 26.4 Å². The number of unbranched alkanes of at least 4 members (excludes halogenated alkanes) is 41. The molecule has 0 spiro atoms. The Morgan fingerprint density at radius 1 is 0.406 bits per heavy atom. The summed E-state index contributed by atoms with van der Waals surface area (Å²) in [5.74, 6) is -0.803. The van der Waals surface area contributed by atoms with E-state index in [-0.39, 0.29) is 38.6 Å². The maximum atomic E-state index is 12.7. The predicted molar refractivity (Wildman–Crippen MR) is 271 cm³/mol. The molecule has 0 heterocycles. The number of carbonyl (C=O) groups is 2. The molecule has 0 aromatic heterocycles. The van der Waals surface area contributed by atoms with E-state index in [1.54, 1.807) is 0 Å². The smallest absolute Gasteiger partial charge is 0.462 e. The number of ether oxygens (including phenoxy) is 2. The number of carbonyl (C=O) groups excluding carboxylic acids is 2. The van der Waals surface area contributed by atoms with Gasteiger partial charge in [0.2, 0.25) is 0 Å². The van der Waals surface area contributed by atoms with E-state index in [4.69, 9.17) is 24.3 Å². The highest BCUT2D eigenvalue weighted by Crippen LogP contribution is 2.43. The van der Waals surface area contributed by atoms with E-state index in [0.717, 1.165) is 32.1 Å². The fraction of sp³-hybridized carbons (Fsp3) is 0.963. The van der Waals surface area contributed by atoms with Crippen LogP contribution in [0.15, 0.2) is 0 Å². The first-order chi connectivity index (χ1) is 31.3. The third-order valence-electron chi connectivity index (χ3n) is 12.7. The molecule has 0 aliphatic rings. The minimum atomic E-state index is -4.38. The second-order valence-corrected chi connectivity index (χ2v) is 20.6. The van der Waals surface area contributed by atoms with Crippen LogP contribution in [0.4, 0.5) is 0 Å². The molecular formula is C54H108NO8P. The normalized spacial score (nSPS) is 13.0. The van der Waals surface area contributed by atoms with Crippen LogP contribution in [-0.2, 0) is 32.7 Å². The lowest BCUT2D eigenvalue weighted by Crippen LogP contribution is -2.29. The predicted octanol–water partition coefficient (Wildman–Crippen LogP) is 17.1. The van der Waals surface area contributed by atoms with Gasteiger partial charge in [0.25, 0.3) is 0 Å². The molecule has 64 heavy (non-hydrogen) atoms. The van der Waals surface area contributed by atoms with Gasteiger partial charge >= 0.3 is 19.8 Å². The van der Waals surface area contributed by atoms with Gasteiger partial charge in [-0.3, -0.25) is 18.6 Å². The van der Waals surface area contributed by atoms with Crippen LogP contribution in [-0.4, -0.2) is 49.3 Å². The molecule has 10 heteroatoms. The van der Waals surface area contributed by atoms with E-state index in [0.29, 0.717) is 6.42 Å². The Kier molecular flexibility index (Phi) is 50.6. The van der Waals surface area contributed by atoms with Gasteiger partial charge in [0.15, 0.2) is 6.10 Å². The summed E-state index contributed by atoms with van der Waals surface area (Å²) in [6.07, 6.45) is 55.8. The number of rotatable bonds is 54. The second-order valence-electron chi connectivity index (χ2n) is 19.2. The van der Waals surface area contributed by atoms with Gasteiger partial charge in [0, 0.05) is 19.4 Å². The molecule has 9 nitrogen and oxygen atoms in total. The summed E-state index contributed by atoms with van der Waals surface area (Å²) >= 11 is 0. The second kappa shape index (κ2) is 51.4. The first-order valence-electron chi connectivity index (χ1n) is 28.0. The Morgan fingerprint density at radius 2 is 0.672 bits per heavy atom. The average Bonchev–Trinajstić information content (AvgIpc) is 3.28. The molecule has 382 valence electrons. The van der Waals surface area contributed by atoms with Crippen molar-refractivity contribution in [2.45, 2.75) is 309 Å². The maximum absolute atomic E-state index is 12.7. The summed E-state index contributed by atoms with van der Waals surface area (Å²) in [6, 6.07) is 0. The average molecular weight is 930 g/mol. The summed E-state index contributed by atoms with van der Waals surface area (Å²) in [6.45, 7) is 3.82. The van der Waals surface area contributed by atoms with Gasteiger partial charge in [0.05, 0.1) is 13.2 Å². The van der Waals surface area contributed by atoms with Crippen LogP contribution >= 0.6 is 7.82 Å². The molecule has 0 bridgehead atoms. The fourth-order valence-electron chi connectivity index (χ4n) is 8.58. The minimum absolute atomic E-state index is 0.0585. The Bertz CT molecular complexity index is 1020. The number of phosphoric acid groups is 1. The zero-order valence-corrected chi connectivity index (χ0v) is 43.4. The van der Waals surface area contributed by atoms with E-state index < -0.39 is 26.5 Å². The highest BCUT2D eigenvalue weighted by Gasteiger charge is 2.26. The van der Waals surface area contributed by atoms with Crippen molar-refractivity contribution in [3.63, 3.8) is 0 Å². The van der Waals surface area contributed by atoms with Crippen molar-refractivity contribution in [1.29, 1.82) is 0 Å². The number of hydrogen-bond acceptors (Lipinski definition) is 8. The topological polar surface area (TPSA) is 134 Å². The van der Waals surface area contributed by atoms with Crippen LogP contribution in [0.3, 0.4) is 0 Å². The molecule has 0 aliphatic heterocycles. The summed E-state index contributed by atoms with van der Waals surface area (Å²) in [5, 5.41) is 0. The van der Waals surface area contributed by atoms with Gasteiger partial charge in [0.1, 0.15) is 6.61 Å². The molecule has 0 fully saturated rings. The summed E-state index contributed by atoms with van der Waals surface area (Å²) in [4.78, 5) is 35.1. The maximum Gasteiger partial charge on any atom is 0.472 e. The molecule has 0 saturated carbocycles.